The van der Waals surface area contributed by atoms with Gasteiger partial charge in [-0.2, -0.15) is 0 Å². The average Bonchev–Trinajstić information content (AvgIpc) is 2.98. The summed E-state index contributed by atoms with van der Waals surface area (Å²) in [5.74, 6) is 1.06. The number of hydrogen-bond donors (Lipinski definition) is 1. The highest BCUT2D eigenvalue weighted by molar-refractivity contribution is 7.99. The van der Waals surface area contributed by atoms with Crippen molar-refractivity contribution in [3.63, 3.8) is 0 Å². The Morgan fingerprint density at radius 2 is 2.24 bits per heavy atom. The van der Waals surface area contributed by atoms with E-state index in [-0.39, 0.29) is 0 Å². The van der Waals surface area contributed by atoms with Crippen LogP contribution < -0.4 is 5.32 Å². The molecule has 6 heteroatoms. The molecule has 0 aliphatic heterocycles. The molecule has 1 aliphatic rings. The summed E-state index contributed by atoms with van der Waals surface area (Å²) >= 11 is 1.77. The van der Waals surface area contributed by atoms with Crippen molar-refractivity contribution >= 4 is 11.8 Å². The van der Waals surface area contributed by atoms with Gasteiger partial charge in [-0.25, -0.2) is 4.68 Å². The molecule has 1 unspecified atom stereocenters. The highest BCUT2D eigenvalue weighted by Gasteiger charge is 2.21. The van der Waals surface area contributed by atoms with Crippen LogP contribution in [0.4, 0.5) is 0 Å². The summed E-state index contributed by atoms with van der Waals surface area (Å²) in [4.78, 5) is 0. The molecule has 0 bridgehead atoms. The molecule has 0 spiro atoms. The first-order valence-corrected chi connectivity index (χ1v) is 7.37. The van der Waals surface area contributed by atoms with Gasteiger partial charge in [0.25, 0.3) is 0 Å². The fourth-order valence-electron chi connectivity index (χ4n) is 2.13. The second-order valence-electron chi connectivity index (χ2n) is 4.67. The topological polar surface area (TPSA) is 55.6 Å². The molecule has 5 nitrogen and oxygen atoms in total. The largest absolute Gasteiger partial charge is 0.317 e. The first-order valence-electron chi connectivity index (χ1n) is 6.39. The number of tetrazole rings is 1. The maximum absolute atomic E-state index is 4.14. The number of hydrogen-bond acceptors (Lipinski definition) is 5. The van der Waals surface area contributed by atoms with Crippen molar-refractivity contribution in [1.82, 2.24) is 25.5 Å². The van der Waals surface area contributed by atoms with Gasteiger partial charge < -0.3 is 5.32 Å². The standard InChI is InChI=1S/C11H21N5S/c1-9(12-2)7-8-17-11-13-14-15-16(11)10-5-3-4-6-10/h9-10,12H,3-8H2,1-2H3. The normalized spacial score (nSPS) is 18.7. The van der Waals surface area contributed by atoms with Crippen LogP contribution in [0.1, 0.15) is 45.1 Å². The molecule has 96 valence electrons. The lowest BCUT2D eigenvalue weighted by Gasteiger charge is -2.12. The maximum atomic E-state index is 4.14. The molecule has 1 aromatic rings. The highest BCUT2D eigenvalue weighted by atomic mass is 32.2. The van der Waals surface area contributed by atoms with E-state index in [1.165, 1.54) is 25.7 Å². The Morgan fingerprint density at radius 1 is 1.47 bits per heavy atom. The monoisotopic (exact) mass is 255 g/mol. The van der Waals surface area contributed by atoms with Crippen LogP contribution in [0.15, 0.2) is 5.16 Å². The van der Waals surface area contributed by atoms with E-state index >= 15 is 0 Å². The third-order valence-electron chi connectivity index (χ3n) is 3.41. The van der Waals surface area contributed by atoms with Crippen molar-refractivity contribution < 1.29 is 0 Å². The van der Waals surface area contributed by atoms with Gasteiger partial charge >= 0.3 is 0 Å². The number of aromatic nitrogens is 4. The SMILES string of the molecule is CNC(C)CCSc1nnnn1C1CCCC1. The van der Waals surface area contributed by atoms with E-state index < -0.39 is 0 Å². The summed E-state index contributed by atoms with van der Waals surface area (Å²) in [5, 5.41) is 16.3. The fourth-order valence-corrected chi connectivity index (χ4v) is 3.20. The van der Waals surface area contributed by atoms with Crippen molar-refractivity contribution in [1.29, 1.82) is 0 Å². The van der Waals surface area contributed by atoms with Crippen LogP contribution >= 0.6 is 11.8 Å². The van der Waals surface area contributed by atoms with Gasteiger partial charge in [0.15, 0.2) is 0 Å². The van der Waals surface area contributed by atoms with Crippen molar-refractivity contribution in [2.24, 2.45) is 0 Å². The van der Waals surface area contributed by atoms with E-state index in [0.717, 1.165) is 17.3 Å². The number of nitrogens with one attached hydrogen (secondary N) is 1. The zero-order valence-electron chi connectivity index (χ0n) is 10.6. The molecule has 2 rings (SSSR count). The minimum atomic E-state index is 0.536. The molecule has 1 atom stereocenters. The molecular formula is C11H21N5S. The Bertz CT molecular complexity index is 334. The van der Waals surface area contributed by atoms with Crippen LogP contribution in [0.2, 0.25) is 0 Å². The third-order valence-corrected chi connectivity index (χ3v) is 4.37. The summed E-state index contributed by atoms with van der Waals surface area (Å²) in [6.45, 7) is 2.19. The van der Waals surface area contributed by atoms with Crippen molar-refractivity contribution in [2.45, 2.75) is 56.3 Å². The Kier molecular flexibility index (Phi) is 4.79. The minimum absolute atomic E-state index is 0.536. The molecule has 1 saturated carbocycles. The van der Waals surface area contributed by atoms with Crippen LogP contribution in [0.25, 0.3) is 0 Å². The zero-order chi connectivity index (χ0) is 12.1. The molecular weight excluding hydrogens is 234 g/mol. The molecule has 0 saturated heterocycles. The quantitative estimate of drug-likeness (QED) is 0.787. The van der Waals surface area contributed by atoms with E-state index in [2.05, 4.69) is 27.8 Å². The van der Waals surface area contributed by atoms with Gasteiger partial charge in [0.1, 0.15) is 0 Å². The molecule has 1 N–H and O–H groups in total. The van der Waals surface area contributed by atoms with Crippen LogP contribution in [0.5, 0.6) is 0 Å². The van der Waals surface area contributed by atoms with Gasteiger partial charge in [0, 0.05) is 11.8 Å². The van der Waals surface area contributed by atoms with Crippen LogP contribution in [0.3, 0.4) is 0 Å². The van der Waals surface area contributed by atoms with E-state index in [1.54, 1.807) is 11.8 Å². The summed E-state index contributed by atoms with van der Waals surface area (Å²) in [6.07, 6.45) is 6.21. The molecule has 17 heavy (non-hydrogen) atoms. The number of thioether (sulfide) groups is 1. The molecule has 1 aliphatic carbocycles. The van der Waals surface area contributed by atoms with Crippen molar-refractivity contribution in [2.75, 3.05) is 12.8 Å². The van der Waals surface area contributed by atoms with E-state index in [9.17, 15) is 0 Å². The van der Waals surface area contributed by atoms with Crippen LogP contribution in [-0.4, -0.2) is 39.0 Å². The zero-order valence-corrected chi connectivity index (χ0v) is 11.4. The van der Waals surface area contributed by atoms with Crippen LogP contribution in [-0.2, 0) is 0 Å². The first-order chi connectivity index (χ1) is 8.31. The van der Waals surface area contributed by atoms with Crippen LogP contribution in [0, 0.1) is 0 Å². The molecule has 0 aromatic carbocycles. The summed E-state index contributed by atoms with van der Waals surface area (Å²) < 4.78 is 2.03. The van der Waals surface area contributed by atoms with Gasteiger partial charge in [0.2, 0.25) is 5.16 Å². The smallest absolute Gasteiger partial charge is 0.209 e. The number of nitrogens with zero attached hydrogens (tertiary/aromatic N) is 4. The molecule has 0 radical (unpaired) electrons. The Morgan fingerprint density at radius 3 is 2.94 bits per heavy atom. The molecule has 1 aromatic heterocycles. The lowest BCUT2D eigenvalue weighted by molar-refractivity contribution is 0.423. The average molecular weight is 255 g/mol. The van der Waals surface area contributed by atoms with Gasteiger partial charge in [-0.1, -0.05) is 24.6 Å². The van der Waals surface area contributed by atoms with E-state index in [0.29, 0.717) is 12.1 Å². The maximum Gasteiger partial charge on any atom is 0.209 e. The van der Waals surface area contributed by atoms with Crippen molar-refractivity contribution in [3.05, 3.63) is 0 Å². The van der Waals surface area contributed by atoms with Gasteiger partial charge in [-0.15, -0.1) is 5.10 Å². The molecule has 1 heterocycles. The predicted molar refractivity (Wildman–Crippen MR) is 69.2 cm³/mol. The number of rotatable bonds is 6. The van der Waals surface area contributed by atoms with Gasteiger partial charge in [-0.3, -0.25) is 0 Å². The lowest BCUT2D eigenvalue weighted by atomic mass is 10.3. The third kappa shape index (κ3) is 3.42. The highest BCUT2D eigenvalue weighted by Crippen LogP contribution is 2.31. The lowest BCUT2D eigenvalue weighted by Crippen LogP contribution is -2.21. The summed E-state index contributed by atoms with van der Waals surface area (Å²) in [5.41, 5.74) is 0. The Hall–Kier alpha value is -0.620. The second kappa shape index (κ2) is 6.35. The fraction of sp³-hybridized carbons (Fsp3) is 0.909. The molecule has 1 fully saturated rings. The minimum Gasteiger partial charge on any atom is -0.317 e. The summed E-state index contributed by atoms with van der Waals surface area (Å²) in [7, 11) is 2.00. The first kappa shape index (κ1) is 12.8. The Labute approximate surface area is 107 Å². The molecule has 0 amide bonds. The van der Waals surface area contributed by atoms with Gasteiger partial charge in [0.05, 0.1) is 6.04 Å². The van der Waals surface area contributed by atoms with Gasteiger partial charge in [-0.05, 0) is 43.7 Å². The van der Waals surface area contributed by atoms with E-state index in [1.807, 2.05) is 11.7 Å². The summed E-state index contributed by atoms with van der Waals surface area (Å²) in [6, 6.07) is 1.09. The predicted octanol–water partition coefficient (Wildman–Crippen LogP) is 1.88. The van der Waals surface area contributed by atoms with E-state index in [4.69, 9.17) is 0 Å². The second-order valence-corrected chi connectivity index (χ2v) is 5.73. The van der Waals surface area contributed by atoms with Crippen molar-refractivity contribution in [3.8, 4) is 0 Å². The Balaban J connectivity index is 1.86.